The minimum absolute atomic E-state index is 0.174. The number of hydrogen-bond acceptors (Lipinski definition) is 3. The lowest BCUT2D eigenvalue weighted by Crippen LogP contribution is -2.59. The minimum atomic E-state index is -0.360. The predicted molar refractivity (Wildman–Crippen MR) is 106 cm³/mol. The van der Waals surface area contributed by atoms with Crippen molar-refractivity contribution in [1.82, 2.24) is 15.1 Å². The Bertz CT molecular complexity index is 711. The monoisotopic (exact) mass is 369 g/mol. The number of nitrogens with zero attached hydrogens (tertiary/aromatic N) is 2. The molecule has 2 saturated heterocycles. The second-order valence-corrected chi connectivity index (χ2v) is 8.47. The van der Waals surface area contributed by atoms with Gasteiger partial charge in [-0.05, 0) is 38.2 Å². The van der Waals surface area contributed by atoms with Crippen LogP contribution in [0.4, 0.5) is 0 Å². The molecule has 146 valence electrons. The van der Waals surface area contributed by atoms with Gasteiger partial charge in [0.25, 0.3) is 0 Å². The zero-order valence-electron chi connectivity index (χ0n) is 16.4. The number of rotatable bonds is 3. The van der Waals surface area contributed by atoms with E-state index in [2.05, 4.69) is 41.4 Å². The number of piperidine rings is 1. The number of aryl methyl sites for hydroxylation is 1. The molecular formula is C22H31N3O2. The molecule has 1 unspecified atom stereocenters. The summed E-state index contributed by atoms with van der Waals surface area (Å²) in [7, 11) is 0. The largest absolute Gasteiger partial charge is 0.340 e. The van der Waals surface area contributed by atoms with Crippen LogP contribution in [0.2, 0.25) is 0 Å². The summed E-state index contributed by atoms with van der Waals surface area (Å²) in [5.74, 6) is 0.465. The van der Waals surface area contributed by atoms with Crippen LogP contribution in [0.25, 0.3) is 0 Å². The zero-order valence-corrected chi connectivity index (χ0v) is 16.4. The summed E-state index contributed by atoms with van der Waals surface area (Å²) in [6, 6.07) is 8.69. The van der Waals surface area contributed by atoms with Gasteiger partial charge in [0.2, 0.25) is 11.8 Å². The van der Waals surface area contributed by atoms with Crippen LogP contribution < -0.4 is 5.32 Å². The lowest BCUT2D eigenvalue weighted by atomic mass is 9.76. The van der Waals surface area contributed by atoms with E-state index in [1.807, 2.05) is 4.90 Å². The van der Waals surface area contributed by atoms with Crippen LogP contribution in [-0.4, -0.2) is 60.4 Å². The molecule has 0 spiro atoms. The number of benzene rings is 1. The predicted octanol–water partition coefficient (Wildman–Crippen LogP) is 2.23. The molecule has 1 aromatic rings. The molecule has 5 heteroatoms. The highest BCUT2D eigenvalue weighted by Gasteiger charge is 2.46. The molecule has 4 rings (SSSR count). The molecule has 1 aromatic carbocycles. The number of piperazine rings is 1. The maximum absolute atomic E-state index is 13.8. The van der Waals surface area contributed by atoms with E-state index >= 15 is 0 Å². The van der Waals surface area contributed by atoms with Crippen molar-refractivity contribution in [3.8, 4) is 0 Å². The topological polar surface area (TPSA) is 52.7 Å². The highest BCUT2D eigenvalue weighted by atomic mass is 16.2. The second kappa shape index (κ2) is 7.63. The third-order valence-electron chi connectivity index (χ3n) is 6.69. The maximum atomic E-state index is 13.8. The highest BCUT2D eigenvalue weighted by molar-refractivity contribution is 5.89. The molecule has 0 bridgehead atoms. The van der Waals surface area contributed by atoms with E-state index in [4.69, 9.17) is 0 Å². The van der Waals surface area contributed by atoms with Crippen LogP contribution in [0.1, 0.15) is 49.7 Å². The molecular weight excluding hydrogens is 338 g/mol. The van der Waals surface area contributed by atoms with E-state index in [1.165, 1.54) is 11.1 Å². The molecule has 2 amide bonds. The minimum Gasteiger partial charge on any atom is -0.340 e. The second-order valence-electron chi connectivity index (χ2n) is 8.47. The third kappa shape index (κ3) is 3.49. The lowest BCUT2D eigenvalue weighted by molar-refractivity contribution is -0.143. The molecule has 1 saturated carbocycles. The van der Waals surface area contributed by atoms with Crippen molar-refractivity contribution < 1.29 is 9.59 Å². The molecule has 2 aliphatic heterocycles. The number of hydrogen-bond donors (Lipinski definition) is 1. The summed E-state index contributed by atoms with van der Waals surface area (Å²) in [6.07, 6.45) is 6.12. The van der Waals surface area contributed by atoms with E-state index in [-0.39, 0.29) is 23.3 Å². The highest BCUT2D eigenvalue weighted by Crippen LogP contribution is 2.43. The van der Waals surface area contributed by atoms with E-state index in [0.29, 0.717) is 13.1 Å². The van der Waals surface area contributed by atoms with Gasteiger partial charge in [-0.25, -0.2) is 0 Å². The van der Waals surface area contributed by atoms with Crippen LogP contribution in [0.15, 0.2) is 24.3 Å². The number of likely N-dealkylation sites (tertiary alicyclic amines) is 1. The Hall–Kier alpha value is -1.88. The first-order valence-corrected chi connectivity index (χ1v) is 10.5. The first kappa shape index (κ1) is 18.5. The molecule has 3 aliphatic rings. The summed E-state index contributed by atoms with van der Waals surface area (Å²) >= 11 is 0. The van der Waals surface area contributed by atoms with Crippen LogP contribution in [-0.2, 0) is 15.0 Å². The van der Waals surface area contributed by atoms with Crippen LogP contribution in [0, 0.1) is 6.92 Å². The Labute approximate surface area is 162 Å². The summed E-state index contributed by atoms with van der Waals surface area (Å²) in [6.45, 7) is 5.65. The van der Waals surface area contributed by atoms with E-state index in [1.54, 1.807) is 0 Å². The van der Waals surface area contributed by atoms with Gasteiger partial charge >= 0.3 is 0 Å². The van der Waals surface area contributed by atoms with Crippen molar-refractivity contribution in [2.24, 2.45) is 0 Å². The summed E-state index contributed by atoms with van der Waals surface area (Å²) in [5, 5.41) is 3.14. The number of nitrogens with one attached hydrogen (secondary N) is 1. The van der Waals surface area contributed by atoms with Gasteiger partial charge in [0.15, 0.2) is 0 Å². The van der Waals surface area contributed by atoms with Crippen molar-refractivity contribution in [3.05, 3.63) is 35.4 Å². The maximum Gasteiger partial charge on any atom is 0.236 e. The first-order valence-electron chi connectivity index (χ1n) is 10.5. The van der Waals surface area contributed by atoms with Crippen LogP contribution >= 0.6 is 0 Å². The van der Waals surface area contributed by atoms with Gasteiger partial charge < -0.3 is 15.1 Å². The molecule has 1 aliphatic carbocycles. The average molecular weight is 370 g/mol. The quantitative estimate of drug-likeness (QED) is 0.889. The fourth-order valence-electron chi connectivity index (χ4n) is 5.25. The molecule has 2 heterocycles. The van der Waals surface area contributed by atoms with Gasteiger partial charge in [-0.1, -0.05) is 42.7 Å². The van der Waals surface area contributed by atoms with Crippen molar-refractivity contribution in [1.29, 1.82) is 0 Å². The summed E-state index contributed by atoms with van der Waals surface area (Å²) in [4.78, 5) is 30.1. The number of carbonyl (C=O) groups is 2. The van der Waals surface area contributed by atoms with Crippen molar-refractivity contribution in [2.75, 3.05) is 32.7 Å². The number of carbonyl (C=O) groups excluding carboxylic acids is 2. The van der Waals surface area contributed by atoms with E-state index in [9.17, 15) is 9.59 Å². The fourth-order valence-corrected chi connectivity index (χ4v) is 5.25. The molecule has 0 aromatic heterocycles. The SMILES string of the molecule is Cc1cccc(C2(C(=O)N3CCCC(N4CCNCC4=O)C3)CCCC2)c1. The van der Waals surface area contributed by atoms with Gasteiger partial charge in [0.05, 0.1) is 12.0 Å². The van der Waals surface area contributed by atoms with Crippen LogP contribution in [0.5, 0.6) is 0 Å². The summed E-state index contributed by atoms with van der Waals surface area (Å²) in [5.41, 5.74) is 2.04. The van der Waals surface area contributed by atoms with Crippen molar-refractivity contribution in [2.45, 2.75) is 56.9 Å². The van der Waals surface area contributed by atoms with Crippen LogP contribution in [0.3, 0.4) is 0 Å². The van der Waals surface area contributed by atoms with Gasteiger partial charge in [0, 0.05) is 32.2 Å². The smallest absolute Gasteiger partial charge is 0.236 e. The first-order chi connectivity index (χ1) is 13.1. The molecule has 1 atom stereocenters. The Kier molecular flexibility index (Phi) is 5.22. The summed E-state index contributed by atoms with van der Waals surface area (Å²) < 4.78 is 0. The Morgan fingerprint density at radius 1 is 1.19 bits per heavy atom. The Balaban J connectivity index is 1.55. The Morgan fingerprint density at radius 3 is 2.74 bits per heavy atom. The van der Waals surface area contributed by atoms with Crippen molar-refractivity contribution >= 4 is 11.8 Å². The standard InChI is InChI=1S/C22H31N3O2/c1-17-6-4-7-18(14-17)22(9-2-3-10-22)21(27)24-12-5-8-19(16-24)25-13-11-23-15-20(25)26/h4,6-7,14,19,23H,2-3,5,8-13,15-16H2,1H3. The van der Waals surface area contributed by atoms with Crippen molar-refractivity contribution in [3.63, 3.8) is 0 Å². The third-order valence-corrected chi connectivity index (χ3v) is 6.69. The molecule has 27 heavy (non-hydrogen) atoms. The van der Waals surface area contributed by atoms with Gasteiger partial charge in [0.1, 0.15) is 0 Å². The number of amides is 2. The van der Waals surface area contributed by atoms with Gasteiger partial charge in [-0.15, -0.1) is 0 Å². The Morgan fingerprint density at radius 2 is 2.00 bits per heavy atom. The van der Waals surface area contributed by atoms with E-state index in [0.717, 1.165) is 58.2 Å². The van der Waals surface area contributed by atoms with Gasteiger partial charge in [-0.3, -0.25) is 9.59 Å². The molecule has 1 N–H and O–H groups in total. The average Bonchev–Trinajstić information content (AvgIpc) is 3.19. The lowest BCUT2D eigenvalue weighted by Gasteiger charge is -2.43. The van der Waals surface area contributed by atoms with Gasteiger partial charge in [-0.2, -0.15) is 0 Å². The normalized spacial score (nSPS) is 25.7. The van der Waals surface area contributed by atoms with E-state index < -0.39 is 0 Å². The zero-order chi connectivity index (χ0) is 18.9. The molecule has 3 fully saturated rings. The molecule has 0 radical (unpaired) electrons. The fraction of sp³-hybridized carbons (Fsp3) is 0.636. The molecule has 5 nitrogen and oxygen atoms in total.